The van der Waals surface area contributed by atoms with Crippen LogP contribution >= 0.6 is 23.2 Å². The van der Waals surface area contributed by atoms with E-state index in [4.69, 9.17) is 23.2 Å². The van der Waals surface area contributed by atoms with Crippen LogP contribution in [0.25, 0.3) is 10.9 Å². The Morgan fingerprint density at radius 1 is 1.06 bits per heavy atom. The fourth-order valence-corrected chi connectivity index (χ4v) is 1.85. The van der Waals surface area contributed by atoms with E-state index < -0.39 is 11.7 Å². The second-order valence-corrected chi connectivity index (χ2v) is 3.68. The Morgan fingerprint density at radius 2 is 1.75 bits per heavy atom. The third-order valence-electron chi connectivity index (χ3n) is 1.96. The predicted molar refractivity (Wildman–Crippen MR) is 54.6 cm³/mol. The molecule has 0 spiro atoms. The maximum atomic E-state index is 12.7. The van der Waals surface area contributed by atoms with Crippen molar-refractivity contribution in [2.45, 2.75) is 6.18 Å². The van der Waals surface area contributed by atoms with Crippen LogP contribution in [0.2, 0.25) is 10.4 Å². The van der Waals surface area contributed by atoms with Crippen molar-refractivity contribution in [1.29, 1.82) is 0 Å². The van der Waals surface area contributed by atoms with E-state index in [1.807, 2.05) is 0 Å². The summed E-state index contributed by atoms with van der Waals surface area (Å²) in [4.78, 5) is 7.18. The Labute approximate surface area is 98.0 Å². The van der Waals surface area contributed by atoms with Gasteiger partial charge in [0.2, 0.25) is 5.28 Å². The molecule has 0 bridgehead atoms. The van der Waals surface area contributed by atoms with Crippen LogP contribution in [0.3, 0.4) is 0 Å². The third-order valence-corrected chi connectivity index (χ3v) is 2.40. The van der Waals surface area contributed by atoms with Gasteiger partial charge in [-0.3, -0.25) is 0 Å². The van der Waals surface area contributed by atoms with Gasteiger partial charge in [0.05, 0.1) is 11.1 Å². The Hall–Kier alpha value is -1.07. The van der Waals surface area contributed by atoms with E-state index in [0.717, 1.165) is 6.07 Å². The van der Waals surface area contributed by atoms with Crippen LogP contribution in [0, 0.1) is 0 Å². The van der Waals surface area contributed by atoms with Crippen molar-refractivity contribution < 1.29 is 13.2 Å². The minimum absolute atomic E-state index is 0.0693. The maximum absolute atomic E-state index is 12.7. The Balaban J connectivity index is 2.87. The van der Waals surface area contributed by atoms with Crippen LogP contribution in [0.5, 0.6) is 0 Å². The summed E-state index contributed by atoms with van der Waals surface area (Å²) in [5.74, 6) is 0. The second-order valence-electron chi connectivity index (χ2n) is 2.98. The quantitative estimate of drug-likeness (QED) is 0.533. The van der Waals surface area contributed by atoms with Crippen LogP contribution in [0.4, 0.5) is 13.2 Å². The molecular formula is C9H3Cl2F3N2. The molecule has 0 N–H and O–H groups in total. The highest BCUT2D eigenvalue weighted by Crippen LogP contribution is 2.36. The molecule has 0 aliphatic carbocycles. The van der Waals surface area contributed by atoms with Gasteiger partial charge in [0.15, 0.2) is 0 Å². The Bertz CT molecular complexity index is 554. The lowest BCUT2D eigenvalue weighted by atomic mass is 10.1. The third kappa shape index (κ3) is 1.92. The minimum atomic E-state index is -4.50. The lowest BCUT2D eigenvalue weighted by molar-refractivity contribution is -0.136. The predicted octanol–water partition coefficient (Wildman–Crippen LogP) is 3.96. The minimum Gasteiger partial charge on any atom is -0.218 e. The van der Waals surface area contributed by atoms with Gasteiger partial charge in [-0.25, -0.2) is 9.97 Å². The molecule has 0 saturated carbocycles. The van der Waals surface area contributed by atoms with E-state index in [9.17, 15) is 13.2 Å². The molecule has 7 heteroatoms. The highest BCUT2D eigenvalue weighted by atomic mass is 35.5. The fourth-order valence-electron chi connectivity index (χ4n) is 1.35. The van der Waals surface area contributed by atoms with Crippen LogP contribution in [-0.4, -0.2) is 9.97 Å². The van der Waals surface area contributed by atoms with Gasteiger partial charge >= 0.3 is 6.18 Å². The number of rotatable bonds is 0. The molecule has 0 atom stereocenters. The van der Waals surface area contributed by atoms with Crippen molar-refractivity contribution in [2.75, 3.05) is 0 Å². The number of aromatic nitrogens is 2. The summed E-state index contributed by atoms with van der Waals surface area (Å²) in [5.41, 5.74) is -0.800. The summed E-state index contributed by atoms with van der Waals surface area (Å²) in [6.07, 6.45) is -4.50. The number of hydrogen-bond acceptors (Lipinski definition) is 2. The first-order valence-electron chi connectivity index (χ1n) is 4.08. The summed E-state index contributed by atoms with van der Waals surface area (Å²) >= 11 is 11.1. The number of alkyl halides is 3. The zero-order valence-electron chi connectivity index (χ0n) is 7.52. The molecule has 0 radical (unpaired) electrons. The zero-order valence-corrected chi connectivity index (χ0v) is 9.03. The zero-order chi connectivity index (χ0) is 11.9. The molecule has 2 aromatic rings. The Morgan fingerprint density at radius 3 is 2.38 bits per heavy atom. The van der Waals surface area contributed by atoms with E-state index >= 15 is 0 Å². The van der Waals surface area contributed by atoms with Gasteiger partial charge in [-0.05, 0) is 23.7 Å². The molecule has 16 heavy (non-hydrogen) atoms. The summed E-state index contributed by atoms with van der Waals surface area (Å²) in [6.45, 7) is 0. The first-order valence-corrected chi connectivity index (χ1v) is 4.84. The van der Waals surface area contributed by atoms with Gasteiger partial charge in [-0.1, -0.05) is 17.7 Å². The van der Waals surface area contributed by atoms with E-state index in [2.05, 4.69) is 9.97 Å². The van der Waals surface area contributed by atoms with Gasteiger partial charge < -0.3 is 0 Å². The number of fused-ring (bicyclic) bond motifs is 1. The first-order chi connectivity index (χ1) is 7.39. The van der Waals surface area contributed by atoms with Crippen LogP contribution in [0.15, 0.2) is 18.2 Å². The average molecular weight is 267 g/mol. The van der Waals surface area contributed by atoms with Crippen LogP contribution in [0.1, 0.15) is 5.56 Å². The van der Waals surface area contributed by atoms with E-state index in [0.29, 0.717) is 0 Å². The molecule has 1 aromatic heterocycles. The van der Waals surface area contributed by atoms with Gasteiger partial charge in [-0.15, -0.1) is 0 Å². The summed E-state index contributed by atoms with van der Waals surface area (Å²) in [5, 5.41) is -0.721. The molecule has 0 aliphatic heterocycles. The van der Waals surface area contributed by atoms with Crippen molar-refractivity contribution in [3.8, 4) is 0 Å². The van der Waals surface area contributed by atoms with E-state index in [1.165, 1.54) is 12.1 Å². The first kappa shape index (κ1) is 11.4. The van der Waals surface area contributed by atoms with Gasteiger partial charge in [0.25, 0.3) is 0 Å². The monoisotopic (exact) mass is 266 g/mol. The van der Waals surface area contributed by atoms with Crippen molar-refractivity contribution >= 4 is 34.1 Å². The highest BCUT2D eigenvalue weighted by Gasteiger charge is 2.33. The van der Waals surface area contributed by atoms with Crippen molar-refractivity contribution in [2.24, 2.45) is 0 Å². The van der Waals surface area contributed by atoms with Crippen molar-refractivity contribution in [1.82, 2.24) is 9.97 Å². The molecule has 0 aliphatic rings. The molecule has 0 unspecified atom stereocenters. The van der Waals surface area contributed by atoms with Gasteiger partial charge in [0.1, 0.15) is 5.15 Å². The number of halogens is 5. The number of hydrogen-bond donors (Lipinski definition) is 0. The summed E-state index contributed by atoms with van der Waals surface area (Å²) in [7, 11) is 0. The Kier molecular flexibility index (Phi) is 2.67. The van der Waals surface area contributed by atoms with E-state index in [1.54, 1.807) is 0 Å². The molecule has 2 rings (SSSR count). The SMILES string of the molecule is FC(F)(F)c1cccc2nc(Cl)nc(Cl)c12. The second kappa shape index (κ2) is 3.75. The maximum Gasteiger partial charge on any atom is 0.417 e. The average Bonchev–Trinajstić information content (AvgIpc) is 2.14. The normalized spacial score (nSPS) is 12.1. The van der Waals surface area contributed by atoms with Crippen LogP contribution in [-0.2, 0) is 6.18 Å². The standard InChI is InChI=1S/C9H3Cl2F3N2/c10-7-6-4(9(12,13)14)2-1-3-5(6)15-8(11)16-7/h1-3H. The topological polar surface area (TPSA) is 25.8 Å². The fraction of sp³-hybridized carbons (Fsp3) is 0.111. The van der Waals surface area contributed by atoms with Crippen molar-refractivity contribution in [3.63, 3.8) is 0 Å². The lowest BCUT2D eigenvalue weighted by Gasteiger charge is -2.10. The molecule has 0 fully saturated rings. The lowest BCUT2D eigenvalue weighted by Crippen LogP contribution is -2.06. The molecular weight excluding hydrogens is 264 g/mol. The molecule has 1 heterocycles. The van der Waals surface area contributed by atoms with E-state index in [-0.39, 0.29) is 21.3 Å². The molecule has 2 nitrogen and oxygen atoms in total. The van der Waals surface area contributed by atoms with Gasteiger partial charge in [0, 0.05) is 5.39 Å². The molecule has 1 aromatic carbocycles. The smallest absolute Gasteiger partial charge is 0.218 e. The number of benzene rings is 1. The molecule has 0 amide bonds. The molecule has 84 valence electrons. The highest BCUT2D eigenvalue weighted by molar-refractivity contribution is 6.36. The summed E-state index contributed by atoms with van der Waals surface area (Å²) in [6, 6.07) is 3.56. The largest absolute Gasteiger partial charge is 0.417 e. The van der Waals surface area contributed by atoms with Crippen LogP contribution < -0.4 is 0 Å². The summed E-state index contributed by atoms with van der Waals surface area (Å²) < 4.78 is 38.0. The van der Waals surface area contributed by atoms with Crippen molar-refractivity contribution in [3.05, 3.63) is 34.2 Å². The molecule has 0 saturated heterocycles. The van der Waals surface area contributed by atoms with Gasteiger partial charge in [-0.2, -0.15) is 13.2 Å². The number of nitrogens with zero attached hydrogens (tertiary/aromatic N) is 2.